The van der Waals surface area contributed by atoms with Gasteiger partial charge in [-0.15, -0.1) is 11.3 Å². The summed E-state index contributed by atoms with van der Waals surface area (Å²) in [4.78, 5) is 19.3. The number of thiophene rings is 1. The second-order valence-corrected chi connectivity index (χ2v) is 7.40. The molecule has 1 unspecified atom stereocenters. The quantitative estimate of drug-likeness (QED) is 0.733. The van der Waals surface area contributed by atoms with E-state index in [4.69, 9.17) is 22.6 Å². The molecule has 0 aliphatic carbocycles. The highest BCUT2D eigenvalue weighted by Crippen LogP contribution is 2.41. The van der Waals surface area contributed by atoms with Crippen molar-refractivity contribution in [3.63, 3.8) is 0 Å². The van der Waals surface area contributed by atoms with Crippen molar-refractivity contribution in [3.05, 3.63) is 63.3 Å². The summed E-state index contributed by atoms with van der Waals surface area (Å²) in [6.45, 7) is 1.85. The van der Waals surface area contributed by atoms with E-state index in [0.29, 0.717) is 28.7 Å². The molecule has 0 saturated carbocycles. The molecule has 26 heavy (non-hydrogen) atoms. The molecule has 1 aliphatic rings. The van der Waals surface area contributed by atoms with Crippen LogP contribution in [0.3, 0.4) is 0 Å². The number of amidine groups is 1. The molecular weight excluding hydrogens is 368 g/mol. The maximum Gasteiger partial charge on any atom is 0.129 e. The van der Waals surface area contributed by atoms with E-state index in [0.717, 1.165) is 26.6 Å². The van der Waals surface area contributed by atoms with Gasteiger partial charge in [0.25, 0.3) is 0 Å². The lowest BCUT2D eigenvalue weighted by Crippen LogP contribution is -2.24. The predicted octanol–water partition coefficient (Wildman–Crippen LogP) is 3.44. The van der Waals surface area contributed by atoms with Crippen molar-refractivity contribution in [1.29, 1.82) is 5.26 Å². The van der Waals surface area contributed by atoms with E-state index in [1.54, 1.807) is 18.5 Å². The van der Waals surface area contributed by atoms with Crippen molar-refractivity contribution < 1.29 is 0 Å². The summed E-state index contributed by atoms with van der Waals surface area (Å²) in [6, 6.07) is 5.59. The summed E-state index contributed by atoms with van der Waals surface area (Å²) in [6.07, 6.45) is 5.59. The third kappa shape index (κ3) is 2.94. The molecule has 0 bridgehead atoms. The van der Waals surface area contributed by atoms with E-state index in [9.17, 15) is 0 Å². The van der Waals surface area contributed by atoms with Crippen LogP contribution in [0.25, 0.3) is 10.4 Å². The lowest BCUT2D eigenvalue weighted by molar-refractivity contribution is 0.698. The van der Waals surface area contributed by atoms with Gasteiger partial charge in [-0.05, 0) is 19.1 Å². The summed E-state index contributed by atoms with van der Waals surface area (Å²) >= 11 is 8.02. The molecular formula is C18H13ClN6S. The fourth-order valence-corrected chi connectivity index (χ4v) is 4.38. The molecule has 0 amide bonds. The first-order chi connectivity index (χ1) is 12.5. The summed E-state index contributed by atoms with van der Waals surface area (Å²) in [5.74, 6) is 1.13. The minimum atomic E-state index is -0.185. The SMILES string of the molecule is Cc1ncc2c(n1)CC(c1sc(-c3cncc(C#N)c3)cc1Cl)N=C2N. The van der Waals surface area contributed by atoms with Crippen molar-refractivity contribution in [1.82, 2.24) is 15.0 Å². The molecule has 2 N–H and O–H groups in total. The number of nitriles is 1. The van der Waals surface area contributed by atoms with Crippen molar-refractivity contribution >= 4 is 28.8 Å². The van der Waals surface area contributed by atoms with Crippen LogP contribution < -0.4 is 5.73 Å². The Morgan fingerprint density at radius 1 is 1.31 bits per heavy atom. The zero-order valence-electron chi connectivity index (χ0n) is 13.8. The van der Waals surface area contributed by atoms with Crippen LogP contribution >= 0.6 is 22.9 Å². The number of hydrogen-bond acceptors (Lipinski definition) is 7. The highest BCUT2D eigenvalue weighted by atomic mass is 35.5. The number of nitrogens with two attached hydrogens (primary N) is 1. The van der Waals surface area contributed by atoms with Crippen molar-refractivity contribution in [2.24, 2.45) is 10.7 Å². The number of nitrogens with zero attached hydrogens (tertiary/aromatic N) is 5. The molecule has 0 spiro atoms. The first-order valence-corrected chi connectivity index (χ1v) is 9.05. The van der Waals surface area contributed by atoms with E-state index >= 15 is 0 Å². The molecule has 3 aromatic heterocycles. The second-order valence-electron chi connectivity index (χ2n) is 5.91. The minimum absolute atomic E-state index is 0.185. The number of hydrogen-bond donors (Lipinski definition) is 1. The molecule has 0 radical (unpaired) electrons. The summed E-state index contributed by atoms with van der Waals surface area (Å²) in [5.41, 5.74) is 9.15. The van der Waals surface area contributed by atoms with Gasteiger partial charge in [0, 0.05) is 40.3 Å². The Kier molecular flexibility index (Phi) is 4.15. The molecule has 4 rings (SSSR count). The number of aliphatic imine (C=N–C) groups is 1. The maximum absolute atomic E-state index is 9.06. The van der Waals surface area contributed by atoms with Crippen LogP contribution in [-0.2, 0) is 6.42 Å². The highest BCUT2D eigenvalue weighted by molar-refractivity contribution is 7.16. The van der Waals surface area contributed by atoms with E-state index in [2.05, 4.69) is 26.0 Å². The van der Waals surface area contributed by atoms with E-state index in [1.807, 2.05) is 13.0 Å². The Hall–Kier alpha value is -2.82. The standard InChI is InChI=1S/C18H13ClN6S/c1-9-23-8-12-14(24-9)4-15(25-18(12)21)17-13(19)3-16(26-17)11-2-10(5-20)6-22-7-11/h2-3,6-8,15H,4H2,1H3,(H2,21,25). The molecule has 0 saturated heterocycles. The Labute approximate surface area is 159 Å². The van der Waals surface area contributed by atoms with Crippen LogP contribution in [0.4, 0.5) is 0 Å². The molecule has 1 aliphatic heterocycles. The number of rotatable bonds is 2. The van der Waals surface area contributed by atoms with Gasteiger partial charge in [-0.3, -0.25) is 9.98 Å². The summed E-state index contributed by atoms with van der Waals surface area (Å²) in [5, 5.41) is 9.69. The average molecular weight is 381 g/mol. The van der Waals surface area contributed by atoms with Crippen LogP contribution in [0, 0.1) is 18.3 Å². The van der Waals surface area contributed by atoms with Gasteiger partial charge in [0.05, 0.1) is 27.9 Å². The summed E-state index contributed by atoms with van der Waals surface area (Å²) in [7, 11) is 0. The molecule has 0 fully saturated rings. The molecule has 8 heteroatoms. The van der Waals surface area contributed by atoms with E-state index in [1.165, 1.54) is 17.5 Å². The maximum atomic E-state index is 9.06. The van der Waals surface area contributed by atoms with Crippen LogP contribution in [0.1, 0.15) is 33.6 Å². The van der Waals surface area contributed by atoms with Gasteiger partial charge >= 0.3 is 0 Å². The van der Waals surface area contributed by atoms with Crippen LogP contribution in [0.2, 0.25) is 5.02 Å². The zero-order chi connectivity index (χ0) is 18.3. The highest BCUT2D eigenvalue weighted by Gasteiger charge is 2.26. The normalized spacial score (nSPS) is 15.9. The fraction of sp³-hybridized carbons (Fsp3) is 0.167. The molecule has 4 heterocycles. The van der Waals surface area contributed by atoms with Gasteiger partial charge in [0.2, 0.25) is 0 Å². The topological polar surface area (TPSA) is 101 Å². The fourth-order valence-electron chi connectivity index (χ4n) is 2.89. The lowest BCUT2D eigenvalue weighted by atomic mass is 10.0. The average Bonchev–Trinajstić information content (AvgIpc) is 3.03. The van der Waals surface area contributed by atoms with E-state index in [-0.39, 0.29) is 6.04 Å². The Bertz CT molecular complexity index is 1080. The lowest BCUT2D eigenvalue weighted by Gasteiger charge is -2.20. The van der Waals surface area contributed by atoms with E-state index < -0.39 is 0 Å². The number of pyridine rings is 1. The predicted molar refractivity (Wildman–Crippen MR) is 101 cm³/mol. The molecule has 1 atom stereocenters. The van der Waals surface area contributed by atoms with Gasteiger partial charge in [-0.2, -0.15) is 5.26 Å². The summed E-state index contributed by atoms with van der Waals surface area (Å²) < 4.78 is 0. The number of aromatic nitrogens is 3. The molecule has 0 aromatic carbocycles. The van der Waals surface area contributed by atoms with Crippen LogP contribution in [-0.4, -0.2) is 20.8 Å². The van der Waals surface area contributed by atoms with Crippen LogP contribution in [0.15, 0.2) is 35.7 Å². The minimum Gasteiger partial charge on any atom is -0.383 e. The molecule has 3 aromatic rings. The van der Waals surface area contributed by atoms with Gasteiger partial charge in [0.15, 0.2) is 0 Å². The van der Waals surface area contributed by atoms with Gasteiger partial charge in [0.1, 0.15) is 17.7 Å². The van der Waals surface area contributed by atoms with Crippen molar-refractivity contribution in [2.75, 3.05) is 0 Å². The smallest absolute Gasteiger partial charge is 0.129 e. The first-order valence-electron chi connectivity index (χ1n) is 7.86. The van der Waals surface area contributed by atoms with Gasteiger partial charge < -0.3 is 5.73 Å². The number of halogens is 1. The Morgan fingerprint density at radius 3 is 2.96 bits per heavy atom. The zero-order valence-corrected chi connectivity index (χ0v) is 15.3. The molecule has 128 valence electrons. The van der Waals surface area contributed by atoms with Crippen molar-refractivity contribution in [2.45, 2.75) is 19.4 Å². The molecule has 6 nitrogen and oxygen atoms in total. The second kappa shape index (κ2) is 6.48. The first kappa shape index (κ1) is 16.6. The number of fused-ring (bicyclic) bond motifs is 1. The Morgan fingerprint density at radius 2 is 2.15 bits per heavy atom. The monoisotopic (exact) mass is 380 g/mol. The third-order valence-electron chi connectivity index (χ3n) is 4.11. The van der Waals surface area contributed by atoms with Gasteiger partial charge in [-0.1, -0.05) is 11.6 Å². The third-order valence-corrected chi connectivity index (χ3v) is 5.82. The van der Waals surface area contributed by atoms with Gasteiger partial charge in [-0.25, -0.2) is 9.97 Å². The number of aryl methyl sites for hydroxylation is 1. The Balaban J connectivity index is 1.73. The largest absolute Gasteiger partial charge is 0.383 e. The van der Waals surface area contributed by atoms with Crippen LogP contribution in [0.5, 0.6) is 0 Å². The van der Waals surface area contributed by atoms with Crippen molar-refractivity contribution in [3.8, 4) is 16.5 Å².